The zero-order chi connectivity index (χ0) is 18.3. The van der Waals surface area contributed by atoms with Gasteiger partial charge in [-0.3, -0.25) is 9.59 Å². The van der Waals surface area contributed by atoms with Crippen molar-refractivity contribution >= 4 is 11.8 Å². The molecule has 4 atom stereocenters. The van der Waals surface area contributed by atoms with E-state index in [1.165, 1.54) is 18.3 Å². The number of amides is 2. The van der Waals surface area contributed by atoms with Gasteiger partial charge in [-0.25, -0.2) is 9.37 Å². The molecule has 0 spiro atoms. The number of rotatable bonds is 3. The van der Waals surface area contributed by atoms with Crippen LogP contribution < -0.4 is 0 Å². The average Bonchev–Trinajstić information content (AvgIpc) is 2.65. The Hall–Kier alpha value is -1.98. The highest BCUT2D eigenvalue weighted by Gasteiger charge is 2.49. The molecule has 4 rings (SSSR count). The summed E-state index contributed by atoms with van der Waals surface area (Å²) in [5, 5.41) is 0. The Morgan fingerprint density at radius 1 is 1.35 bits per heavy atom. The van der Waals surface area contributed by atoms with Crippen molar-refractivity contribution in [1.29, 1.82) is 0 Å². The van der Waals surface area contributed by atoms with E-state index in [9.17, 15) is 14.0 Å². The van der Waals surface area contributed by atoms with E-state index in [2.05, 4.69) is 16.8 Å². The molecule has 4 heterocycles. The number of hydrogen-bond acceptors (Lipinski definition) is 3. The predicted molar refractivity (Wildman–Crippen MR) is 94.9 cm³/mol. The van der Waals surface area contributed by atoms with Crippen LogP contribution in [-0.4, -0.2) is 51.8 Å². The molecule has 3 aliphatic rings. The zero-order valence-electron chi connectivity index (χ0n) is 15.2. The zero-order valence-corrected chi connectivity index (χ0v) is 15.2. The lowest BCUT2D eigenvalue weighted by Crippen LogP contribution is -2.65. The highest BCUT2D eigenvalue weighted by molar-refractivity contribution is 5.92. The maximum Gasteiger partial charge on any atom is 0.275 e. The van der Waals surface area contributed by atoms with Gasteiger partial charge in [-0.15, -0.1) is 0 Å². The van der Waals surface area contributed by atoms with Crippen molar-refractivity contribution in [3.63, 3.8) is 0 Å². The minimum Gasteiger partial charge on any atom is -0.337 e. The molecule has 1 aromatic heterocycles. The molecule has 0 aromatic carbocycles. The summed E-state index contributed by atoms with van der Waals surface area (Å²) >= 11 is 0. The molecule has 0 saturated carbocycles. The van der Waals surface area contributed by atoms with Crippen LogP contribution >= 0.6 is 0 Å². The molecule has 2 amide bonds. The van der Waals surface area contributed by atoms with Crippen LogP contribution in [0.2, 0.25) is 0 Å². The summed E-state index contributed by atoms with van der Waals surface area (Å²) in [6, 6.07) is 3.22. The van der Waals surface area contributed by atoms with Crippen LogP contribution in [0.5, 0.6) is 0 Å². The number of aromatic nitrogens is 1. The van der Waals surface area contributed by atoms with Crippen LogP contribution in [0.3, 0.4) is 0 Å². The summed E-state index contributed by atoms with van der Waals surface area (Å²) in [6.45, 7) is 3.33. The van der Waals surface area contributed by atoms with Crippen LogP contribution in [0.1, 0.15) is 55.9 Å². The second-order valence-electron chi connectivity index (χ2n) is 7.92. The molecule has 3 saturated heterocycles. The summed E-state index contributed by atoms with van der Waals surface area (Å²) in [6.07, 6.45) is 7.12. The first-order valence-electron chi connectivity index (χ1n) is 9.81. The van der Waals surface area contributed by atoms with E-state index in [0.717, 1.165) is 32.1 Å². The van der Waals surface area contributed by atoms with Gasteiger partial charge in [-0.05, 0) is 49.7 Å². The van der Waals surface area contributed by atoms with Crippen LogP contribution in [0.15, 0.2) is 18.3 Å². The van der Waals surface area contributed by atoms with Gasteiger partial charge in [0.2, 0.25) is 5.91 Å². The Labute approximate surface area is 153 Å². The number of nitrogens with zero attached hydrogens (tertiary/aromatic N) is 3. The molecule has 3 fully saturated rings. The monoisotopic (exact) mass is 359 g/mol. The number of carbonyl (C=O) groups is 2. The first-order valence-corrected chi connectivity index (χ1v) is 9.81. The summed E-state index contributed by atoms with van der Waals surface area (Å²) in [5.74, 6) is -0.0223. The fourth-order valence-corrected chi connectivity index (χ4v) is 5.30. The number of likely N-dealkylation sites (tertiary alicyclic amines) is 1. The molecular formula is C20H26FN3O2. The Kier molecular flexibility index (Phi) is 4.67. The second kappa shape index (κ2) is 6.97. The number of carbonyl (C=O) groups excluding carboxylic acids is 2. The van der Waals surface area contributed by atoms with E-state index >= 15 is 0 Å². The van der Waals surface area contributed by atoms with Crippen molar-refractivity contribution in [2.24, 2.45) is 11.8 Å². The van der Waals surface area contributed by atoms with E-state index < -0.39 is 5.82 Å². The molecule has 6 heteroatoms. The van der Waals surface area contributed by atoms with Gasteiger partial charge in [0.15, 0.2) is 11.5 Å². The molecule has 1 aromatic rings. The van der Waals surface area contributed by atoms with E-state index in [-0.39, 0.29) is 35.5 Å². The lowest BCUT2D eigenvalue weighted by atomic mass is 9.71. The van der Waals surface area contributed by atoms with Gasteiger partial charge >= 0.3 is 0 Å². The molecule has 0 aliphatic carbocycles. The number of fused-ring (bicyclic) bond motifs is 4. The summed E-state index contributed by atoms with van der Waals surface area (Å²) in [4.78, 5) is 33.4. The molecule has 140 valence electrons. The molecular weight excluding hydrogens is 333 g/mol. The van der Waals surface area contributed by atoms with Crippen molar-refractivity contribution < 1.29 is 14.0 Å². The van der Waals surface area contributed by atoms with Crippen LogP contribution in [0, 0.1) is 17.7 Å². The summed E-state index contributed by atoms with van der Waals surface area (Å²) < 4.78 is 14.0. The van der Waals surface area contributed by atoms with Crippen molar-refractivity contribution in [3.05, 3.63) is 29.8 Å². The maximum absolute atomic E-state index is 14.0. The third-order valence-corrected chi connectivity index (χ3v) is 6.33. The molecule has 3 aliphatic heterocycles. The van der Waals surface area contributed by atoms with Crippen LogP contribution in [-0.2, 0) is 4.79 Å². The van der Waals surface area contributed by atoms with E-state index in [0.29, 0.717) is 25.4 Å². The molecule has 0 unspecified atom stereocenters. The fourth-order valence-electron chi connectivity index (χ4n) is 5.30. The Morgan fingerprint density at radius 3 is 2.92 bits per heavy atom. The van der Waals surface area contributed by atoms with Gasteiger partial charge in [0.05, 0.1) is 0 Å². The number of pyridine rings is 1. The first kappa shape index (κ1) is 17.4. The Balaban J connectivity index is 1.61. The molecule has 2 bridgehead atoms. The SMILES string of the molecule is CCC[C@H]1[C@H]2C[C@H](CN(C(=O)c3ncccc3F)C2)[C@@H]2CCCC(=O)N21. The van der Waals surface area contributed by atoms with Crippen LogP contribution in [0.25, 0.3) is 0 Å². The van der Waals surface area contributed by atoms with E-state index in [4.69, 9.17) is 0 Å². The van der Waals surface area contributed by atoms with Crippen molar-refractivity contribution in [2.45, 2.75) is 57.5 Å². The lowest BCUT2D eigenvalue weighted by molar-refractivity contribution is -0.152. The van der Waals surface area contributed by atoms with Crippen LogP contribution in [0.4, 0.5) is 4.39 Å². The summed E-state index contributed by atoms with van der Waals surface area (Å²) in [5.41, 5.74) is -0.0870. The standard InChI is InChI=1S/C20H26FN3O2/c1-2-5-16-13-10-14(17-7-3-8-18(25)24(16)17)12-23(11-13)20(26)19-15(21)6-4-9-22-19/h4,6,9,13-14,16-17H,2-3,5,7-8,10-12H2,1H3/t13-,14+,16-,17-/m0/s1. The van der Waals surface area contributed by atoms with Gasteiger partial charge < -0.3 is 9.80 Å². The van der Waals surface area contributed by atoms with Gasteiger partial charge in [-0.1, -0.05) is 13.3 Å². The molecule has 5 nitrogen and oxygen atoms in total. The smallest absolute Gasteiger partial charge is 0.275 e. The van der Waals surface area contributed by atoms with Gasteiger partial charge in [0, 0.05) is 37.8 Å². The highest BCUT2D eigenvalue weighted by atomic mass is 19.1. The van der Waals surface area contributed by atoms with Crippen molar-refractivity contribution in [3.8, 4) is 0 Å². The predicted octanol–water partition coefficient (Wildman–Crippen LogP) is 2.86. The van der Waals surface area contributed by atoms with Gasteiger partial charge in [0.1, 0.15) is 0 Å². The second-order valence-corrected chi connectivity index (χ2v) is 7.92. The first-order chi connectivity index (χ1) is 12.6. The topological polar surface area (TPSA) is 53.5 Å². The van der Waals surface area contributed by atoms with Gasteiger partial charge in [0.25, 0.3) is 5.91 Å². The van der Waals surface area contributed by atoms with Crippen molar-refractivity contribution in [2.75, 3.05) is 13.1 Å². The number of hydrogen-bond donors (Lipinski definition) is 0. The quantitative estimate of drug-likeness (QED) is 0.834. The van der Waals surface area contributed by atoms with E-state index in [1.807, 2.05) is 0 Å². The molecule has 0 radical (unpaired) electrons. The Bertz CT molecular complexity index is 710. The fraction of sp³-hybridized carbons (Fsp3) is 0.650. The lowest BCUT2D eigenvalue weighted by Gasteiger charge is -2.56. The Morgan fingerprint density at radius 2 is 2.15 bits per heavy atom. The number of halogens is 1. The van der Waals surface area contributed by atoms with Crippen molar-refractivity contribution in [1.82, 2.24) is 14.8 Å². The minimum atomic E-state index is -0.562. The van der Waals surface area contributed by atoms with Gasteiger partial charge in [-0.2, -0.15) is 0 Å². The normalized spacial score (nSPS) is 30.9. The number of piperidine rings is 3. The highest BCUT2D eigenvalue weighted by Crippen LogP contribution is 2.43. The van der Waals surface area contributed by atoms with E-state index in [1.54, 1.807) is 4.90 Å². The molecule has 26 heavy (non-hydrogen) atoms. The maximum atomic E-state index is 14.0. The third kappa shape index (κ3) is 2.89. The largest absolute Gasteiger partial charge is 0.337 e. The minimum absolute atomic E-state index is 0.0870. The molecule has 0 N–H and O–H groups in total. The third-order valence-electron chi connectivity index (χ3n) is 6.33. The summed E-state index contributed by atoms with van der Waals surface area (Å²) in [7, 11) is 0. The average molecular weight is 359 g/mol.